The summed E-state index contributed by atoms with van der Waals surface area (Å²) in [5, 5.41) is 3.38. The van der Waals surface area contributed by atoms with Gasteiger partial charge in [0.25, 0.3) is 0 Å². The summed E-state index contributed by atoms with van der Waals surface area (Å²) in [6.45, 7) is 0.0266. The van der Waals surface area contributed by atoms with E-state index in [1.807, 2.05) is 30.3 Å². The van der Waals surface area contributed by atoms with Gasteiger partial charge in [-0.25, -0.2) is 4.79 Å². The molecule has 3 N–H and O–H groups in total. The van der Waals surface area contributed by atoms with Crippen LogP contribution in [0.25, 0.3) is 0 Å². The molecule has 0 spiro atoms. The Kier molecular flexibility index (Phi) is 5.61. The van der Waals surface area contributed by atoms with Crippen LogP contribution in [0.15, 0.2) is 78.9 Å². The number of hydrogen-bond donors (Lipinski definition) is 2. The molecule has 0 fully saturated rings. The van der Waals surface area contributed by atoms with Crippen molar-refractivity contribution in [2.75, 3.05) is 17.4 Å². The molecule has 0 radical (unpaired) electrons. The molecule has 0 aliphatic rings. The van der Waals surface area contributed by atoms with Gasteiger partial charge in [-0.2, -0.15) is 0 Å². The topological polar surface area (TPSA) is 67.6 Å². The molecule has 3 aromatic rings. The maximum absolute atomic E-state index is 12.8. The largest absolute Gasteiger partial charge is 0.473 e. The predicted molar refractivity (Wildman–Crippen MR) is 105 cm³/mol. The molecule has 0 aromatic heterocycles. The van der Waals surface area contributed by atoms with Crippen molar-refractivity contribution in [3.63, 3.8) is 0 Å². The van der Waals surface area contributed by atoms with Crippen molar-refractivity contribution >= 4 is 34.7 Å². The summed E-state index contributed by atoms with van der Waals surface area (Å²) in [6.07, 6.45) is 0. The lowest BCUT2D eigenvalue weighted by Crippen LogP contribution is -2.38. The molecule has 0 aliphatic heterocycles. The van der Waals surface area contributed by atoms with E-state index in [0.29, 0.717) is 22.1 Å². The Morgan fingerprint density at radius 2 is 1.54 bits per heavy atom. The number of ether oxygens (including phenoxy) is 1. The van der Waals surface area contributed by atoms with Crippen LogP contribution in [-0.4, -0.2) is 12.8 Å². The van der Waals surface area contributed by atoms with Gasteiger partial charge in [-0.3, -0.25) is 4.90 Å². The second-order valence-electron chi connectivity index (χ2n) is 5.49. The van der Waals surface area contributed by atoms with Crippen LogP contribution in [0.2, 0.25) is 5.02 Å². The molecule has 0 heterocycles. The molecule has 132 valence electrons. The Balaban J connectivity index is 1.72. The first-order valence-electron chi connectivity index (χ1n) is 8.00. The summed E-state index contributed by atoms with van der Waals surface area (Å²) in [7, 11) is 0. The maximum atomic E-state index is 12.8. The van der Waals surface area contributed by atoms with Crippen LogP contribution >= 0.6 is 11.6 Å². The van der Waals surface area contributed by atoms with Gasteiger partial charge in [0.05, 0.1) is 11.4 Å². The Morgan fingerprint density at radius 1 is 0.923 bits per heavy atom. The van der Waals surface area contributed by atoms with Gasteiger partial charge in [-0.05, 0) is 60.7 Å². The number of hydrogen-bond acceptors (Lipinski definition) is 3. The Bertz CT molecular complexity index is 852. The van der Waals surface area contributed by atoms with Crippen LogP contribution in [0.3, 0.4) is 0 Å². The molecule has 26 heavy (non-hydrogen) atoms. The first kappa shape index (κ1) is 17.6. The number of nitrogens with zero attached hydrogens (tertiary/aromatic N) is 1. The van der Waals surface area contributed by atoms with Crippen LogP contribution in [0.1, 0.15) is 0 Å². The lowest BCUT2D eigenvalue weighted by Gasteiger charge is -2.23. The fraction of sp³-hybridized carbons (Fsp3) is 0.0500. The summed E-state index contributed by atoms with van der Waals surface area (Å²) < 4.78 is 5.54. The molecule has 0 saturated carbocycles. The zero-order valence-corrected chi connectivity index (χ0v) is 14.7. The molecule has 3 rings (SSSR count). The minimum atomic E-state index is -0.310. The van der Waals surface area contributed by atoms with Crippen molar-refractivity contribution in [1.82, 2.24) is 5.32 Å². The van der Waals surface area contributed by atoms with Crippen molar-refractivity contribution in [3.8, 4) is 5.75 Å². The zero-order chi connectivity index (χ0) is 18.4. The van der Waals surface area contributed by atoms with Gasteiger partial charge in [-0.1, -0.05) is 29.8 Å². The number of carbonyl (C=O) groups excluding carboxylic acids is 1. The average Bonchev–Trinajstić information content (AvgIpc) is 2.66. The second kappa shape index (κ2) is 8.27. The summed E-state index contributed by atoms with van der Waals surface area (Å²) in [4.78, 5) is 14.3. The van der Waals surface area contributed by atoms with E-state index >= 15 is 0 Å². The first-order chi connectivity index (χ1) is 12.6. The van der Waals surface area contributed by atoms with Gasteiger partial charge in [-0.15, -0.1) is 0 Å². The highest BCUT2D eigenvalue weighted by Gasteiger charge is 2.17. The van der Waals surface area contributed by atoms with E-state index in [1.165, 1.54) is 0 Å². The number of para-hydroxylation sites is 1. The van der Waals surface area contributed by atoms with E-state index in [-0.39, 0.29) is 12.8 Å². The van der Waals surface area contributed by atoms with E-state index in [0.717, 1.165) is 5.69 Å². The van der Waals surface area contributed by atoms with Crippen molar-refractivity contribution in [3.05, 3.63) is 83.9 Å². The normalized spacial score (nSPS) is 10.2. The lowest BCUT2D eigenvalue weighted by atomic mass is 10.2. The van der Waals surface area contributed by atoms with Crippen molar-refractivity contribution in [2.45, 2.75) is 0 Å². The Labute approximate surface area is 157 Å². The van der Waals surface area contributed by atoms with E-state index in [9.17, 15) is 4.79 Å². The molecular formula is C20H18ClN3O2. The zero-order valence-electron chi connectivity index (χ0n) is 13.9. The molecule has 6 heteroatoms. The maximum Gasteiger partial charge on any atom is 0.329 e. The van der Waals surface area contributed by atoms with Gasteiger partial charge in [0.15, 0.2) is 6.73 Å². The van der Waals surface area contributed by atoms with Crippen molar-refractivity contribution < 1.29 is 9.53 Å². The Hall–Kier alpha value is -3.18. The number of nitrogen functional groups attached to an aromatic ring is 1. The highest BCUT2D eigenvalue weighted by atomic mass is 35.5. The number of amides is 2. The molecule has 0 aliphatic carbocycles. The fourth-order valence-electron chi connectivity index (χ4n) is 2.38. The second-order valence-corrected chi connectivity index (χ2v) is 5.92. The van der Waals surface area contributed by atoms with Gasteiger partial charge >= 0.3 is 6.03 Å². The minimum Gasteiger partial charge on any atom is -0.473 e. The summed E-state index contributed by atoms with van der Waals surface area (Å²) in [6, 6.07) is 23.1. The highest BCUT2D eigenvalue weighted by molar-refractivity contribution is 6.30. The van der Waals surface area contributed by atoms with Gasteiger partial charge in [0.2, 0.25) is 0 Å². The minimum absolute atomic E-state index is 0.0266. The lowest BCUT2D eigenvalue weighted by molar-refractivity contribution is 0.231. The van der Waals surface area contributed by atoms with E-state index in [1.54, 1.807) is 53.4 Å². The smallest absolute Gasteiger partial charge is 0.329 e. The van der Waals surface area contributed by atoms with Gasteiger partial charge in [0.1, 0.15) is 5.75 Å². The molecule has 0 atom stereocenters. The highest BCUT2D eigenvalue weighted by Crippen LogP contribution is 2.26. The standard InChI is InChI=1S/C20H18ClN3O2/c21-15-6-12-19(13-7-15)26-14-23-20(25)24(17-4-2-1-3-5-17)18-10-8-16(22)9-11-18/h1-13H,14,22H2,(H,23,25). The first-order valence-corrected chi connectivity index (χ1v) is 8.38. The molecule has 0 saturated heterocycles. The number of carbonyl (C=O) groups is 1. The van der Waals surface area contributed by atoms with E-state index in [2.05, 4.69) is 5.32 Å². The van der Waals surface area contributed by atoms with Crippen LogP contribution in [0.4, 0.5) is 21.9 Å². The van der Waals surface area contributed by atoms with Crippen LogP contribution < -0.4 is 20.7 Å². The number of nitrogens with one attached hydrogen (secondary N) is 1. The van der Waals surface area contributed by atoms with Crippen LogP contribution in [0.5, 0.6) is 5.75 Å². The molecular weight excluding hydrogens is 350 g/mol. The number of halogens is 1. The van der Waals surface area contributed by atoms with E-state index < -0.39 is 0 Å². The third-order valence-corrected chi connectivity index (χ3v) is 3.90. The number of rotatable bonds is 5. The average molecular weight is 368 g/mol. The van der Waals surface area contributed by atoms with Gasteiger partial charge < -0.3 is 15.8 Å². The number of benzene rings is 3. The third-order valence-electron chi connectivity index (χ3n) is 3.64. The third kappa shape index (κ3) is 4.46. The Morgan fingerprint density at radius 3 is 2.19 bits per heavy atom. The van der Waals surface area contributed by atoms with Crippen LogP contribution in [0, 0.1) is 0 Å². The fourth-order valence-corrected chi connectivity index (χ4v) is 2.50. The molecule has 5 nitrogen and oxygen atoms in total. The number of anilines is 3. The summed E-state index contributed by atoms with van der Waals surface area (Å²) >= 11 is 5.84. The summed E-state index contributed by atoms with van der Waals surface area (Å²) in [5.74, 6) is 0.619. The van der Waals surface area contributed by atoms with E-state index in [4.69, 9.17) is 22.1 Å². The predicted octanol–water partition coefficient (Wildman–Crippen LogP) is 4.81. The van der Waals surface area contributed by atoms with Crippen molar-refractivity contribution in [2.24, 2.45) is 0 Å². The van der Waals surface area contributed by atoms with Crippen molar-refractivity contribution in [1.29, 1.82) is 0 Å². The summed E-state index contributed by atoms with van der Waals surface area (Å²) in [5.41, 5.74) is 7.82. The molecule has 3 aromatic carbocycles. The quantitative estimate of drug-likeness (QED) is 0.502. The molecule has 2 amide bonds. The SMILES string of the molecule is Nc1ccc(N(C(=O)NCOc2ccc(Cl)cc2)c2ccccc2)cc1. The number of nitrogens with two attached hydrogens (primary N) is 1. The van der Waals surface area contributed by atoms with Crippen LogP contribution in [-0.2, 0) is 0 Å². The van der Waals surface area contributed by atoms with Gasteiger partial charge in [0, 0.05) is 10.7 Å². The number of urea groups is 1. The monoisotopic (exact) mass is 367 g/mol. The molecule has 0 bridgehead atoms. The molecule has 0 unspecified atom stereocenters.